The van der Waals surface area contributed by atoms with Crippen LogP contribution in [0.1, 0.15) is 62.3 Å². The molecule has 8 nitrogen and oxygen atoms in total. The molecule has 0 aliphatic rings. The molecular weight excluding hydrogens is 370 g/mol. The topological polar surface area (TPSA) is 134 Å². The Bertz CT molecular complexity index is 510. The predicted molar refractivity (Wildman–Crippen MR) is 96.9 cm³/mol. The molecule has 10 heteroatoms. The van der Waals surface area contributed by atoms with Crippen molar-refractivity contribution in [3.63, 3.8) is 0 Å². The van der Waals surface area contributed by atoms with Crippen molar-refractivity contribution in [2.45, 2.75) is 89.8 Å². The molecule has 1 atom stereocenters. The van der Waals surface area contributed by atoms with Crippen molar-refractivity contribution < 1.29 is 38.6 Å². The van der Waals surface area contributed by atoms with E-state index < -0.39 is 42.2 Å². The number of hydrogen-bond donors (Lipinski definition) is 4. The Labute approximate surface area is 150 Å². The average molecular weight is 404 g/mol. The second kappa shape index (κ2) is 7.33. The summed E-state index contributed by atoms with van der Waals surface area (Å²) >= 11 is 0. The van der Waals surface area contributed by atoms with Gasteiger partial charge in [-0.05, 0) is 62.3 Å². The van der Waals surface area contributed by atoms with Crippen molar-refractivity contribution in [1.29, 1.82) is 0 Å². The Hall–Kier alpha value is 0.220. The first-order valence-corrected chi connectivity index (χ1v) is 11.3. The van der Waals surface area contributed by atoms with E-state index >= 15 is 0 Å². The highest BCUT2D eigenvalue weighted by Gasteiger charge is 2.54. The lowest BCUT2D eigenvalue weighted by Gasteiger charge is -2.40. The maximum atomic E-state index is 13.0. The van der Waals surface area contributed by atoms with Crippen LogP contribution in [0.2, 0.25) is 0 Å². The average Bonchev–Trinajstić information content (AvgIpc) is 2.30. The number of aliphatic hydroxyl groups is 4. The standard InChI is InChI=1S/C15H34O8P2/c1-11(23-25(21,14(6,7)18)15(8,9)19)10-22-24(20,12(2,3)16)13(4,5)17/h11,16-19H,10H2,1-9H3. The molecule has 4 N–H and O–H groups in total. The molecule has 0 radical (unpaired) electrons. The third-order valence-corrected chi connectivity index (χ3v) is 10.6. The molecule has 0 amide bonds. The van der Waals surface area contributed by atoms with E-state index in [1.165, 1.54) is 62.3 Å². The van der Waals surface area contributed by atoms with Gasteiger partial charge >= 0.3 is 0 Å². The molecule has 0 aromatic heterocycles. The Morgan fingerprint density at radius 1 is 0.720 bits per heavy atom. The van der Waals surface area contributed by atoms with Gasteiger partial charge in [-0.25, -0.2) is 0 Å². The van der Waals surface area contributed by atoms with Crippen LogP contribution in [0.15, 0.2) is 0 Å². The quantitative estimate of drug-likeness (QED) is 0.431. The lowest BCUT2D eigenvalue weighted by Crippen LogP contribution is -2.38. The summed E-state index contributed by atoms with van der Waals surface area (Å²) in [5.74, 6) is 0. The predicted octanol–water partition coefficient (Wildman–Crippen LogP) is 2.88. The van der Waals surface area contributed by atoms with Crippen molar-refractivity contribution in [2.75, 3.05) is 6.61 Å². The fourth-order valence-corrected chi connectivity index (χ4v) is 7.22. The fourth-order valence-electron chi connectivity index (χ4n) is 2.41. The van der Waals surface area contributed by atoms with Crippen molar-refractivity contribution >= 4 is 14.7 Å². The molecule has 0 heterocycles. The summed E-state index contributed by atoms with van der Waals surface area (Å²) in [5.41, 5.74) is 0. The zero-order valence-electron chi connectivity index (χ0n) is 16.6. The Morgan fingerprint density at radius 2 is 1.00 bits per heavy atom. The molecule has 0 rings (SSSR count). The van der Waals surface area contributed by atoms with E-state index in [1.807, 2.05) is 0 Å². The van der Waals surface area contributed by atoms with E-state index in [0.29, 0.717) is 0 Å². The summed E-state index contributed by atoms with van der Waals surface area (Å²) < 4.78 is 36.8. The molecule has 1 unspecified atom stereocenters. The van der Waals surface area contributed by atoms with Crippen molar-refractivity contribution in [2.24, 2.45) is 0 Å². The van der Waals surface area contributed by atoms with E-state index in [-0.39, 0.29) is 6.61 Å². The maximum absolute atomic E-state index is 13.0. The first-order chi connectivity index (χ1) is 10.6. The molecule has 0 aromatic rings. The summed E-state index contributed by atoms with van der Waals surface area (Å²) in [6.07, 6.45) is -0.943. The van der Waals surface area contributed by atoms with Gasteiger partial charge in [0.1, 0.15) is 21.4 Å². The molecule has 0 aliphatic heterocycles. The van der Waals surface area contributed by atoms with Gasteiger partial charge in [-0.2, -0.15) is 0 Å². The van der Waals surface area contributed by atoms with Crippen LogP contribution >= 0.6 is 14.7 Å². The minimum atomic E-state index is -3.99. The van der Waals surface area contributed by atoms with Crippen LogP contribution in [-0.2, 0) is 18.2 Å². The SMILES string of the molecule is CC(COP(=O)(C(C)(C)O)C(C)(C)O)OP(=O)(C(C)(C)O)C(C)(C)O. The van der Waals surface area contributed by atoms with Crippen LogP contribution in [0.3, 0.4) is 0 Å². The number of rotatable bonds is 9. The van der Waals surface area contributed by atoms with Gasteiger partial charge in [0.2, 0.25) is 0 Å². The third kappa shape index (κ3) is 5.36. The second-order valence-corrected chi connectivity index (χ2v) is 15.3. The van der Waals surface area contributed by atoms with Gasteiger partial charge in [-0.3, -0.25) is 9.13 Å². The van der Waals surface area contributed by atoms with Gasteiger partial charge in [0.05, 0.1) is 12.7 Å². The maximum Gasteiger partial charge on any atom is 0.263 e. The van der Waals surface area contributed by atoms with E-state index in [9.17, 15) is 29.6 Å². The Kier molecular flexibility index (Phi) is 7.39. The largest absolute Gasteiger partial charge is 0.380 e. The molecule has 0 spiro atoms. The first kappa shape index (κ1) is 25.2. The van der Waals surface area contributed by atoms with Gasteiger partial charge in [-0.1, -0.05) is 0 Å². The lowest BCUT2D eigenvalue weighted by molar-refractivity contribution is 0.0431. The van der Waals surface area contributed by atoms with Crippen molar-refractivity contribution in [1.82, 2.24) is 0 Å². The van der Waals surface area contributed by atoms with Crippen LogP contribution in [0, 0.1) is 0 Å². The van der Waals surface area contributed by atoms with Gasteiger partial charge in [0, 0.05) is 0 Å². The second-order valence-electron chi connectivity index (χ2n) is 8.29. The highest BCUT2D eigenvalue weighted by molar-refractivity contribution is 7.62. The van der Waals surface area contributed by atoms with Crippen LogP contribution in [0.5, 0.6) is 0 Å². The lowest BCUT2D eigenvalue weighted by atomic mass is 10.4. The monoisotopic (exact) mass is 404 g/mol. The van der Waals surface area contributed by atoms with E-state index in [2.05, 4.69) is 0 Å². The third-order valence-electron chi connectivity index (χ3n) is 3.70. The van der Waals surface area contributed by atoms with E-state index in [1.54, 1.807) is 0 Å². The van der Waals surface area contributed by atoms with Crippen LogP contribution in [0.4, 0.5) is 0 Å². The minimum absolute atomic E-state index is 0.374. The van der Waals surface area contributed by atoms with Gasteiger partial charge in [0.15, 0.2) is 0 Å². The van der Waals surface area contributed by atoms with Crippen molar-refractivity contribution in [3.8, 4) is 0 Å². The smallest absolute Gasteiger partial charge is 0.263 e. The summed E-state index contributed by atoms with van der Waals surface area (Å²) in [4.78, 5) is 0. The van der Waals surface area contributed by atoms with Gasteiger partial charge in [0.25, 0.3) is 14.7 Å². The highest BCUT2D eigenvalue weighted by atomic mass is 31.2. The first-order valence-electron chi connectivity index (χ1n) is 8.03. The van der Waals surface area contributed by atoms with Crippen LogP contribution < -0.4 is 0 Å². The molecule has 0 bridgehead atoms. The summed E-state index contributed by atoms with van der Waals surface area (Å²) in [5, 5.41) is 33.4. The zero-order chi connectivity index (χ0) is 20.7. The molecule has 0 aromatic carbocycles. The molecule has 152 valence electrons. The molecule has 0 saturated carbocycles. The number of hydrogen-bond acceptors (Lipinski definition) is 8. The van der Waals surface area contributed by atoms with E-state index in [4.69, 9.17) is 9.05 Å². The van der Waals surface area contributed by atoms with E-state index in [0.717, 1.165) is 0 Å². The van der Waals surface area contributed by atoms with Gasteiger partial charge < -0.3 is 29.5 Å². The van der Waals surface area contributed by atoms with Crippen LogP contribution in [-0.4, -0.2) is 54.5 Å². The Morgan fingerprint density at radius 3 is 1.24 bits per heavy atom. The normalized spacial score (nSPS) is 16.8. The summed E-state index contributed by atoms with van der Waals surface area (Å²) in [6.45, 7) is 11.2. The summed E-state index contributed by atoms with van der Waals surface area (Å²) in [7, 11) is -7.96. The highest BCUT2D eigenvalue weighted by Crippen LogP contribution is 2.68. The summed E-state index contributed by atoms with van der Waals surface area (Å²) in [6, 6.07) is 0. The minimum Gasteiger partial charge on any atom is -0.380 e. The fraction of sp³-hybridized carbons (Fsp3) is 1.00. The van der Waals surface area contributed by atoms with Crippen LogP contribution in [0.25, 0.3) is 0 Å². The van der Waals surface area contributed by atoms with Crippen molar-refractivity contribution in [3.05, 3.63) is 0 Å². The molecule has 0 fully saturated rings. The van der Waals surface area contributed by atoms with Gasteiger partial charge in [-0.15, -0.1) is 0 Å². The zero-order valence-corrected chi connectivity index (χ0v) is 18.4. The molecule has 0 aliphatic carbocycles. The Balaban J connectivity index is 5.46. The molecule has 25 heavy (non-hydrogen) atoms. The molecule has 0 saturated heterocycles. The molecular formula is C15H34O8P2.